The predicted octanol–water partition coefficient (Wildman–Crippen LogP) is 4.36. The van der Waals surface area contributed by atoms with Crippen LogP contribution in [0.3, 0.4) is 0 Å². The number of non-ortho nitro benzene ring substituents is 1. The van der Waals surface area contributed by atoms with Gasteiger partial charge in [-0.1, -0.05) is 60.7 Å². The highest BCUT2D eigenvalue weighted by molar-refractivity contribution is 5.97. The number of ether oxygens (including phenoxy) is 1. The molecule has 0 bridgehead atoms. The van der Waals surface area contributed by atoms with Gasteiger partial charge in [-0.05, 0) is 17.2 Å². The average molecular weight is 498 g/mol. The fourth-order valence-corrected chi connectivity index (χ4v) is 4.44. The van der Waals surface area contributed by atoms with E-state index in [4.69, 9.17) is 4.74 Å². The quantitative estimate of drug-likeness (QED) is 0.213. The predicted molar refractivity (Wildman–Crippen MR) is 140 cm³/mol. The molecule has 9 nitrogen and oxygen atoms in total. The summed E-state index contributed by atoms with van der Waals surface area (Å²) in [7, 11) is 1.39. The van der Waals surface area contributed by atoms with Gasteiger partial charge in [0.1, 0.15) is 17.4 Å². The number of hydrogen-bond acceptors (Lipinski definition) is 7. The van der Waals surface area contributed by atoms with Crippen LogP contribution in [0.15, 0.2) is 90.6 Å². The smallest absolute Gasteiger partial charge is 0.273 e. The van der Waals surface area contributed by atoms with Crippen molar-refractivity contribution in [3.8, 4) is 11.8 Å². The Morgan fingerprint density at radius 2 is 1.62 bits per heavy atom. The van der Waals surface area contributed by atoms with Crippen LogP contribution in [0.2, 0.25) is 0 Å². The minimum atomic E-state index is -0.522. The lowest BCUT2D eigenvalue weighted by molar-refractivity contribution is -0.384. The van der Waals surface area contributed by atoms with Gasteiger partial charge in [0.05, 0.1) is 29.8 Å². The third-order valence-corrected chi connectivity index (χ3v) is 6.32. The lowest BCUT2D eigenvalue weighted by atomic mass is 9.96. The molecule has 9 heteroatoms. The van der Waals surface area contributed by atoms with E-state index in [1.165, 1.54) is 42.6 Å². The molecule has 3 aromatic rings. The Bertz CT molecular complexity index is 1270. The van der Waals surface area contributed by atoms with E-state index < -0.39 is 4.92 Å². The largest absolute Gasteiger partial charge is 0.494 e. The van der Waals surface area contributed by atoms with Crippen LogP contribution in [0.25, 0.3) is 0 Å². The Labute approximate surface area is 215 Å². The summed E-state index contributed by atoms with van der Waals surface area (Å²) >= 11 is 0. The summed E-state index contributed by atoms with van der Waals surface area (Å²) in [6.45, 7) is 2.27. The number of nitro groups is 1. The second-order valence-corrected chi connectivity index (χ2v) is 8.51. The highest BCUT2D eigenvalue weighted by Crippen LogP contribution is 2.31. The summed E-state index contributed by atoms with van der Waals surface area (Å²) in [5.41, 5.74) is 2.60. The summed E-state index contributed by atoms with van der Waals surface area (Å²) in [6.07, 6.45) is 1.31. The molecule has 1 aliphatic heterocycles. The molecule has 0 aliphatic carbocycles. The zero-order valence-electron chi connectivity index (χ0n) is 20.4. The SMILES string of the molecule is COc1cc([N+](=O)[O-])ccc1N/C=C(/C#N)C(=O)N1CCN(C(c2ccccc2)c2ccccc2)CC1. The topological polar surface area (TPSA) is 112 Å². The molecule has 3 aromatic carbocycles. The van der Waals surface area contributed by atoms with Crippen LogP contribution in [-0.4, -0.2) is 53.9 Å². The number of nitro benzene ring substituents is 1. The summed E-state index contributed by atoms with van der Waals surface area (Å²) in [5.74, 6) is -0.136. The van der Waals surface area contributed by atoms with Crippen molar-refractivity contribution in [3.63, 3.8) is 0 Å². The third-order valence-electron chi connectivity index (χ3n) is 6.32. The van der Waals surface area contributed by atoms with Gasteiger partial charge in [-0.15, -0.1) is 0 Å². The van der Waals surface area contributed by atoms with Crippen LogP contribution in [-0.2, 0) is 4.79 Å². The number of anilines is 1. The van der Waals surface area contributed by atoms with Crippen molar-refractivity contribution in [1.82, 2.24) is 9.80 Å². The molecule has 0 saturated carbocycles. The Hall–Kier alpha value is -4.68. The number of nitriles is 1. The van der Waals surface area contributed by atoms with Crippen molar-refractivity contribution in [3.05, 3.63) is 112 Å². The van der Waals surface area contributed by atoms with Gasteiger partial charge in [-0.25, -0.2) is 0 Å². The van der Waals surface area contributed by atoms with Crippen molar-refractivity contribution in [1.29, 1.82) is 5.26 Å². The maximum absolute atomic E-state index is 13.1. The van der Waals surface area contributed by atoms with E-state index in [-0.39, 0.29) is 29.0 Å². The Morgan fingerprint density at radius 3 is 2.14 bits per heavy atom. The maximum Gasteiger partial charge on any atom is 0.273 e. The fourth-order valence-electron chi connectivity index (χ4n) is 4.44. The van der Waals surface area contributed by atoms with E-state index in [1.54, 1.807) is 4.90 Å². The number of methoxy groups -OCH3 is 1. The van der Waals surface area contributed by atoms with Crippen molar-refractivity contribution >= 4 is 17.3 Å². The molecule has 0 spiro atoms. The molecular formula is C28H27N5O4. The number of carbonyl (C=O) groups excluding carboxylic acids is 1. The van der Waals surface area contributed by atoms with Crippen molar-refractivity contribution in [2.45, 2.75) is 6.04 Å². The summed E-state index contributed by atoms with van der Waals surface area (Å²) in [5, 5.41) is 23.5. The van der Waals surface area contributed by atoms with Gasteiger partial charge in [0.25, 0.3) is 11.6 Å². The highest BCUT2D eigenvalue weighted by atomic mass is 16.6. The Morgan fingerprint density at radius 1 is 1.03 bits per heavy atom. The first-order chi connectivity index (χ1) is 18.0. The van der Waals surface area contributed by atoms with Crippen LogP contribution in [0.4, 0.5) is 11.4 Å². The number of amides is 1. The molecule has 188 valence electrons. The van der Waals surface area contributed by atoms with Crippen LogP contribution >= 0.6 is 0 Å². The third kappa shape index (κ3) is 5.94. The zero-order chi connectivity index (χ0) is 26.2. The number of nitrogens with one attached hydrogen (secondary N) is 1. The summed E-state index contributed by atoms with van der Waals surface area (Å²) in [6, 6.07) is 26.7. The Balaban J connectivity index is 1.45. The van der Waals surface area contributed by atoms with Crippen LogP contribution < -0.4 is 10.1 Å². The number of piperazine rings is 1. The maximum atomic E-state index is 13.1. The fraction of sp³-hybridized carbons (Fsp3) is 0.214. The van der Waals surface area contributed by atoms with Gasteiger partial charge in [-0.2, -0.15) is 5.26 Å². The van der Waals surface area contributed by atoms with Crippen LogP contribution in [0, 0.1) is 21.4 Å². The van der Waals surface area contributed by atoms with Crippen molar-refractivity contribution in [2.75, 3.05) is 38.6 Å². The lowest BCUT2D eigenvalue weighted by Crippen LogP contribution is -2.50. The van der Waals surface area contributed by atoms with Gasteiger partial charge in [0.2, 0.25) is 0 Å². The molecule has 1 heterocycles. The molecule has 1 N–H and O–H groups in total. The van der Waals surface area contributed by atoms with E-state index in [9.17, 15) is 20.2 Å². The van der Waals surface area contributed by atoms with Crippen molar-refractivity contribution in [2.24, 2.45) is 0 Å². The van der Waals surface area contributed by atoms with E-state index in [0.29, 0.717) is 31.9 Å². The molecule has 1 amide bonds. The first kappa shape index (κ1) is 25.4. The number of rotatable bonds is 8. The molecular weight excluding hydrogens is 470 g/mol. The first-order valence-electron chi connectivity index (χ1n) is 11.8. The van der Waals surface area contributed by atoms with E-state index >= 15 is 0 Å². The number of carbonyl (C=O) groups is 1. The molecule has 1 fully saturated rings. The minimum absolute atomic E-state index is 0.0588. The summed E-state index contributed by atoms with van der Waals surface area (Å²) < 4.78 is 5.21. The Kier molecular flexibility index (Phi) is 8.13. The zero-order valence-corrected chi connectivity index (χ0v) is 20.4. The molecule has 0 atom stereocenters. The van der Waals surface area contributed by atoms with Gasteiger partial charge in [0, 0.05) is 38.4 Å². The average Bonchev–Trinajstić information content (AvgIpc) is 2.95. The molecule has 1 aliphatic rings. The van der Waals surface area contributed by atoms with Crippen LogP contribution in [0.5, 0.6) is 5.75 Å². The van der Waals surface area contributed by atoms with E-state index in [0.717, 1.165) is 0 Å². The molecule has 1 saturated heterocycles. The van der Waals surface area contributed by atoms with Gasteiger partial charge in [0.15, 0.2) is 0 Å². The number of benzene rings is 3. The van der Waals surface area contributed by atoms with Crippen LogP contribution in [0.1, 0.15) is 17.2 Å². The molecule has 0 radical (unpaired) electrons. The molecule has 37 heavy (non-hydrogen) atoms. The molecule has 0 unspecified atom stereocenters. The normalized spacial score (nSPS) is 14.2. The highest BCUT2D eigenvalue weighted by Gasteiger charge is 2.29. The lowest BCUT2D eigenvalue weighted by Gasteiger charge is -2.39. The second kappa shape index (κ2) is 11.8. The molecule has 0 aromatic heterocycles. The number of hydrogen-bond donors (Lipinski definition) is 1. The van der Waals surface area contributed by atoms with Gasteiger partial charge < -0.3 is 15.0 Å². The minimum Gasteiger partial charge on any atom is -0.494 e. The monoisotopic (exact) mass is 497 g/mol. The van der Waals surface area contributed by atoms with Crippen molar-refractivity contribution < 1.29 is 14.5 Å². The van der Waals surface area contributed by atoms with Gasteiger partial charge >= 0.3 is 0 Å². The second-order valence-electron chi connectivity index (χ2n) is 8.51. The number of nitrogens with zero attached hydrogens (tertiary/aromatic N) is 4. The van der Waals surface area contributed by atoms with E-state index in [2.05, 4.69) is 34.5 Å². The van der Waals surface area contributed by atoms with Gasteiger partial charge in [-0.3, -0.25) is 19.8 Å². The standard InChI is InChI=1S/C28H27N5O4/c1-37-26-18-24(33(35)36)12-13-25(26)30-20-23(19-29)28(34)32-16-14-31(15-17-32)27(21-8-4-2-5-9-21)22-10-6-3-7-11-22/h2-13,18,20,27,30H,14-17H2,1H3/b23-20-. The summed E-state index contributed by atoms with van der Waals surface area (Å²) in [4.78, 5) is 27.6. The molecule has 4 rings (SSSR count). The first-order valence-corrected chi connectivity index (χ1v) is 11.8. The van der Waals surface area contributed by atoms with E-state index in [1.807, 2.05) is 42.5 Å².